The first-order chi connectivity index (χ1) is 11.6. The molecule has 1 unspecified atom stereocenters. The van der Waals surface area contributed by atoms with Crippen LogP contribution in [0.3, 0.4) is 0 Å². The monoisotopic (exact) mass is 322 g/mol. The molecule has 7 nitrogen and oxygen atoms in total. The molecule has 4 rings (SSSR count). The third-order valence-corrected chi connectivity index (χ3v) is 4.17. The van der Waals surface area contributed by atoms with Crippen LogP contribution in [0.2, 0.25) is 0 Å². The Bertz CT molecular complexity index is 931. The molecule has 0 spiro atoms. The van der Waals surface area contributed by atoms with E-state index in [9.17, 15) is 9.59 Å². The molecule has 3 heterocycles. The number of benzene rings is 1. The number of nitrogens with zero attached hydrogens (tertiary/aromatic N) is 4. The minimum Gasteiger partial charge on any atom is -0.435 e. The van der Waals surface area contributed by atoms with Crippen molar-refractivity contribution in [1.82, 2.24) is 14.9 Å². The van der Waals surface area contributed by atoms with Gasteiger partial charge < -0.3 is 9.32 Å². The largest absolute Gasteiger partial charge is 0.435 e. The van der Waals surface area contributed by atoms with E-state index >= 15 is 0 Å². The number of pyridine rings is 1. The smallest absolute Gasteiger partial charge is 0.331 e. The van der Waals surface area contributed by atoms with Crippen molar-refractivity contribution in [3.63, 3.8) is 0 Å². The third-order valence-electron chi connectivity index (χ3n) is 4.17. The van der Waals surface area contributed by atoms with E-state index in [1.807, 2.05) is 12.1 Å². The number of fused-ring (bicyclic) bond motifs is 1. The van der Waals surface area contributed by atoms with E-state index < -0.39 is 6.04 Å². The molecule has 0 bridgehead atoms. The van der Waals surface area contributed by atoms with Crippen molar-refractivity contribution in [2.45, 2.75) is 13.0 Å². The van der Waals surface area contributed by atoms with Crippen molar-refractivity contribution < 1.29 is 14.0 Å². The molecule has 7 heteroatoms. The summed E-state index contributed by atoms with van der Waals surface area (Å²) in [6.45, 7) is 1.70. The summed E-state index contributed by atoms with van der Waals surface area (Å²) in [7, 11) is 1.61. The first-order valence-electron chi connectivity index (χ1n) is 7.49. The second kappa shape index (κ2) is 5.16. The van der Waals surface area contributed by atoms with E-state index in [1.54, 1.807) is 44.4 Å². The number of rotatable bonds is 2. The lowest BCUT2D eigenvalue weighted by Crippen LogP contribution is -2.31. The van der Waals surface area contributed by atoms with E-state index in [-0.39, 0.29) is 11.9 Å². The molecule has 0 saturated carbocycles. The first-order valence-corrected chi connectivity index (χ1v) is 7.49. The molecule has 0 radical (unpaired) electrons. The fourth-order valence-electron chi connectivity index (χ4n) is 2.66. The highest BCUT2D eigenvalue weighted by Gasteiger charge is 2.41. The summed E-state index contributed by atoms with van der Waals surface area (Å²) in [5.74, 6) is 0.138. The SMILES string of the molecule is CC1C(=O)N(c2ccc3nc(-c4ccccn4)oc3c2)C(=O)N1C. The number of anilines is 1. The van der Waals surface area contributed by atoms with Crippen LogP contribution >= 0.6 is 0 Å². The highest BCUT2D eigenvalue weighted by Crippen LogP contribution is 2.29. The van der Waals surface area contributed by atoms with E-state index in [1.165, 1.54) is 4.90 Å². The zero-order valence-corrected chi connectivity index (χ0v) is 13.1. The molecule has 0 N–H and O–H groups in total. The Morgan fingerprint density at radius 3 is 2.67 bits per heavy atom. The van der Waals surface area contributed by atoms with Gasteiger partial charge in [0.05, 0.1) is 5.69 Å². The van der Waals surface area contributed by atoms with Gasteiger partial charge in [-0.25, -0.2) is 14.7 Å². The minimum atomic E-state index is -0.480. The number of likely N-dealkylation sites (N-methyl/N-ethyl adjacent to an activating group) is 1. The van der Waals surface area contributed by atoms with Gasteiger partial charge in [0, 0.05) is 19.3 Å². The van der Waals surface area contributed by atoms with Crippen LogP contribution in [0.25, 0.3) is 22.7 Å². The molecule has 24 heavy (non-hydrogen) atoms. The van der Waals surface area contributed by atoms with Gasteiger partial charge in [-0.05, 0) is 31.2 Å². The molecule has 3 amide bonds. The standard InChI is InChI=1S/C17H14N4O3/c1-10-16(22)21(17(23)20(10)2)11-6-7-12-14(9-11)24-15(19-12)13-5-3-4-8-18-13/h3-10H,1-2H3. The molecule has 1 aliphatic heterocycles. The van der Waals surface area contributed by atoms with E-state index in [4.69, 9.17) is 4.42 Å². The Kier molecular flexibility index (Phi) is 3.09. The normalized spacial score (nSPS) is 18.0. The zero-order valence-electron chi connectivity index (χ0n) is 13.1. The van der Waals surface area contributed by atoms with Gasteiger partial charge >= 0.3 is 6.03 Å². The lowest BCUT2D eigenvalue weighted by molar-refractivity contribution is -0.119. The van der Waals surface area contributed by atoms with Crippen LogP contribution in [0.4, 0.5) is 10.5 Å². The summed E-state index contributed by atoms with van der Waals surface area (Å²) in [6.07, 6.45) is 1.66. The molecular weight excluding hydrogens is 308 g/mol. The predicted octanol–water partition coefficient (Wildman–Crippen LogP) is 2.68. The van der Waals surface area contributed by atoms with Gasteiger partial charge in [0.15, 0.2) is 5.58 Å². The summed E-state index contributed by atoms with van der Waals surface area (Å²) in [5, 5.41) is 0. The van der Waals surface area contributed by atoms with Crippen molar-refractivity contribution >= 4 is 28.7 Å². The molecule has 3 aromatic rings. The summed E-state index contributed by atoms with van der Waals surface area (Å²) < 4.78 is 5.74. The van der Waals surface area contributed by atoms with E-state index in [2.05, 4.69) is 9.97 Å². The number of aromatic nitrogens is 2. The number of carbonyl (C=O) groups excluding carboxylic acids is 2. The molecular formula is C17H14N4O3. The van der Waals surface area contributed by atoms with E-state index in [0.29, 0.717) is 28.4 Å². The second-order valence-electron chi connectivity index (χ2n) is 5.63. The van der Waals surface area contributed by atoms with Gasteiger partial charge in [0.2, 0.25) is 5.89 Å². The Labute approximate surface area is 137 Å². The van der Waals surface area contributed by atoms with Crippen molar-refractivity contribution in [1.29, 1.82) is 0 Å². The number of imide groups is 1. The Hall–Kier alpha value is -3.22. The number of carbonyl (C=O) groups is 2. The van der Waals surface area contributed by atoms with Crippen LogP contribution in [-0.4, -0.2) is 39.9 Å². The maximum absolute atomic E-state index is 12.3. The maximum Gasteiger partial charge on any atom is 0.331 e. The van der Waals surface area contributed by atoms with Gasteiger partial charge in [-0.1, -0.05) is 6.07 Å². The summed E-state index contributed by atoms with van der Waals surface area (Å²) in [6, 6.07) is 9.70. The molecule has 1 saturated heterocycles. The van der Waals surface area contributed by atoms with Crippen molar-refractivity contribution in [2.24, 2.45) is 0 Å². The number of hydrogen-bond donors (Lipinski definition) is 0. The number of amides is 3. The topological polar surface area (TPSA) is 79.5 Å². The van der Waals surface area contributed by atoms with Gasteiger partial charge in [-0.3, -0.25) is 9.78 Å². The van der Waals surface area contributed by atoms with Gasteiger partial charge in [-0.2, -0.15) is 0 Å². The summed E-state index contributed by atoms with van der Waals surface area (Å²) >= 11 is 0. The van der Waals surface area contributed by atoms with E-state index in [0.717, 1.165) is 4.90 Å². The molecule has 2 aromatic heterocycles. The molecule has 0 aliphatic carbocycles. The average molecular weight is 322 g/mol. The third kappa shape index (κ3) is 2.05. The average Bonchev–Trinajstić information content (AvgIpc) is 3.11. The Balaban J connectivity index is 1.77. The van der Waals surface area contributed by atoms with Crippen molar-refractivity contribution in [3.05, 3.63) is 42.6 Å². The lowest BCUT2D eigenvalue weighted by atomic mass is 10.2. The first kappa shape index (κ1) is 14.4. The Morgan fingerprint density at radius 2 is 2.00 bits per heavy atom. The fraction of sp³-hybridized carbons (Fsp3) is 0.176. The molecule has 1 aromatic carbocycles. The number of oxazole rings is 1. The van der Waals surface area contributed by atoms with Crippen LogP contribution in [0.5, 0.6) is 0 Å². The minimum absolute atomic E-state index is 0.258. The lowest BCUT2D eigenvalue weighted by Gasteiger charge is -2.13. The predicted molar refractivity (Wildman–Crippen MR) is 87.3 cm³/mol. The van der Waals surface area contributed by atoms with Crippen molar-refractivity contribution in [2.75, 3.05) is 11.9 Å². The second-order valence-corrected chi connectivity index (χ2v) is 5.63. The number of urea groups is 1. The molecule has 120 valence electrons. The zero-order chi connectivity index (χ0) is 16.8. The van der Waals surface area contributed by atoms with Crippen LogP contribution in [0, 0.1) is 0 Å². The highest BCUT2D eigenvalue weighted by atomic mass is 16.3. The summed E-state index contributed by atoms with van der Waals surface area (Å²) in [4.78, 5) is 35.7. The van der Waals surface area contributed by atoms with Crippen LogP contribution in [-0.2, 0) is 4.79 Å². The Morgan fingerprint density at radius 1 is 1.17 bits per heavy atom. The molecule has 1 atom stereocenters. The van der Waals surface area contributed by atoms with Gasteiger partial charge in [0.25, 0.3) is 5.91 Å². The van der Waals surface area contributed by atoms with Gasteiger partial charge in [-0.15, -0.1) is 0 Å². The fourth-order valence-corrected chi connectivity index (χ4v) is 2.66. The summed E-state index contributed by atoms with van der Waals surface area (Å²) in [5.41, 5.74) is 2.23. The maximum atomic E-state index is 12.3. The van der Waals surface area contributed by atoms with Gasteiger partial charge in [0.1, 0.15) is 17.3 Å². The van der Waals surface area contributed by atoms with Crippen LogP contribution in [0.1, 0.15) is 6.92 Å². The molecule has 1 aliphatic rings. The highest BCUT2D eigenvalue weighted by molar-refractivity contribution is 6.21. The van der Waals surface area contributed by atoms with Crippen molar-refractivity contribution in [3.8, 4) is 11.6 Å². The van der Waals surface area contributed by atoms with Crippen LogP contribution in [0.15, 0.2) is 47.0 Å². The van der Waals surface area contributed by atoms with Crippen LogP contribution < -0.4 is 4.90 Å². The molecule has 1 fully saturated rings. The number of hydrogen-bond acceptors (Lipinski definition) is 5. The quantitative estimate of drug-likeness (QED) is 0.678.